The van der Waals surface area contributed by atoms with E-state index >= 15 is 0 Å². The summed E-state index contributed by atoms with van der Waals surface area (Å²) < 4.78 is 0. The summed E-state index contributed by atoms with van der Waals surface area (Å²) in [5.74, 6) is -8.95. The molecule has 2 fully saturated rings. The van der Waals surface area contributed by atoms with Gasteiger partial charge in [0.15, 0.2) is 17.2 Å². The molecule has 3 aliphatic carbocycles. The number of phenols is 1. The summed E-state index contributed by atoms with van der Waals surface area (Å²) >= 11 is 0. The van der Waals surface area contributed by atoms with Crippen molar-refractivity contribution < 1.29 is 44.4 Å². The first-order valence-corrected chi connectivity index (χ1v) is 13.0. The lowest BCUT2D eigenvalue weighted by Gasteiger charge is -2.66. The van der Waals surface area contributed by atoms with Gasteiger partial charge in [0.25, 0.3) is 0 Å². The van der Waals surface area contributed by atoms with Gasteiger partial charge in [-0.25, -0.2) is 0 Å². The zero-order valence-corrected chi connectivity index (χ0v) is 22.6. The normalized spacial score (nSPS) is 37.5. The van der Waals surface area contributed by atoms with Gasteiger partial charge in [0.05, 0.1) is 29.7 Å². The van der Waals surface area contributed by atoms with Crippen molar-refractivity contribution in [2.75, 3.05) is 5.32 Å². The van der Waals surface area contributed by atoms with Crippen molar-refractivity contribution in [2.45, 2.75) is 71.7 Å². The predicted octanol–water partition coefficient (Wildman–Crippen LogP) is 0.490. The number of hydrogen-bond donors (Lipinski definition) is 6. The van der Waals surface area contributed by atoms with Gasteiger partial charge in [-0.1, -0.05) is 33.8 Å². The topological polar surface area (TPSA) is 204 Å². The van der Waals surface area contributed by atoms with Crippen molar-refractivity contribution in [3.63, 3.8) is 0 Å². The predicted molar refractivity (Wildman–Crippen MR) is 137 cm³/mol. The van der Waals surface area contributed by atoms with Crippen LogP contribution in [-0.4, -0.2) is 67.4 Å². The number of hydrogen-bond acceptors (Lipinski definition) is 9. The van der Waals surface area contributed by atoms with Crippen LogP contribution in [0, 0.1) is 34.5 Å². The van der Waals surface area contributed by atoms with Crippen molar-refractivity contribution in [1.82, 2.24) is 0 Å². The number of anilines is 1. The summed E-state index contributed by atoms with van der Waals surface area (Å²) in [4.78, 5) is 63.3. The van der Waals surface area contributed by atoms with E-state index in [2.05, 4.69) is 5.32 Å². The molecule has 2 amide bonds. The minimum Gasteiger partial charge on any atom is -0.505 e. The minimum absolute atomic E-state index is 0.0401. The highest BCUT2D eigenvalue weighted by Gasteiger charge is 2.75. The Morgan fingerprint density at radius 2 is 1.77 bits per heavy atom. The molecule has 2 saturated carbocycles. The fourth-order valence-corrected chi connectivity index (χ4v) is 8.05. The van der Waals surface area contributed by atoms with E-state index in [1.807, 2.05) is 0 Å². The summed E-state index contributed by atoms with van der Waals surface area (Å²) in [6.07, 6.45) is -3.70. The molecule has 11 heteroatoms. The van der Waals surface area contributed by atoms with E-state index in [1.165, 1.54) is 13.0 Å². The Morgan fingerprint density at radius 1 is 1.15 bits per heavy atom. The van der Waals surface area contributed by atoms with Crippen LogP contribution in [0.3, 0.4) is 0 Å². The number of benzene rings is 1. The van der Waals surface area contributed by atoms with Gasteiger partial charge in [-0.2, -0.15) is 0 Å². The van der Waals surface area contributed by atoms with Crippen molar-refractivity contribution >= 4 is 34.9 Å². The number of phenolic OH excluding ortho intramolecular Hbond substituents is 1. The highest BCUT2D eigenvalue weighted by atomic mass is 16.4. The molecule has 1 aromatic carbocycles. The molecule has 8 atom stereocenters. The van der Waals surface area contributed by atoms with E-state index in [0.717, 1.165) is 0 Å². The number of fused-ring (bicyclic) bond motifs is 3. The van der Waals surface area contributed by atoms with E-state index in [-0.39, 0.29) is 30.0 Å². The number of Topliss-reactive ketones (excluding diaryl/α,β-unsaturated/α-hetero) is 3. The first-order valence-electron chi connectivity index (χ1n) is 13.0. The lowest BCUT2D eigenvalue weighted by Crippen LogP contribution is -2.79. The number of nitrogens with two attached hydrogens (primary N) is 1. The van der Waals surface area contributed by atoms with Crippen LogP contribution in [0.25, 0.3) is 0 Å². The Hall–Kier alpha value is -3.15. The van der Waals surface area contributed by atoms with Gasteiger partial charge in [-0.15, -0.1) is 0 Å². The largest absolute Gasteiger partial charge is 0.505 e. The zero-order valence-electron chi connectivity index (χ0n) is 22.6. The van der Waals surface area contributed by atoms with Crippen LogP contribution in [0.5, 0.6) is 5.75 Å². The molecule has 11 nitrogen and oxygen atoms in total. The number of aliphatic hydroxyl groups is 3. The fourth-order valence-electron chi connectivity index (χ4n) is 8.05. The van der Waals surface area contributed by atoms with Crippen molar-refractivity contribution in [2.24, 2.45) is 40.2 Å². The second-order valence-corrected chi connectivity index (χ2v) is 12.4. The number of carbonyl (C=O) groups excluding carboxylic acids is 5. The lowest BCUT2D eigenvalue weighted by molar-refractivity contribution is -0.265. The van der Waals surface area contributed by atoms with E-state index in [9.17, 15) is 44.4 Å². The van der Waals surface area contributed by atoms with Crippen LogP contribution in [-0.2, 0) is 25.6 Å². The average molecular weight is 545 g/mol. The quantitative estimate of drug-likeness (QED) is 0.225. The third kappa shape index (κ3) is 3.93. The molecule has 2 unspecified atom stereocenters. The van der Waals surface area contributed by atoms with Crippen LogP contribution in [0.4, 0.5) is 5.69 Å². The number of primary amides is 1. The average Bonchev–Trinajstić information content (AvgIpc) is 2.77. The molecular formula is C28H36N2O9. The summed E-state index contributed by atoms with van der Waals surface area (Å²) in [6, 6.07) is 2.99. The maximum atomic E-state index is 14.0. The fraction of sp³-hybridized carbons (Fsp3) is 0.607. The second kappa shape index (κ2) is 9.21. The molecule has 0 spiro atoms. The molecular weight excluding hydrogens is 508 g/mol. The van der Waals surface area contributed by atoms with Crippen LogP contribution in [0.1, 0.15) is 63.4 Å². The van der Waals surface area contributed by atoms with Gasteiger partial charge in [-0.05, 0) is 48.6 Å². The molecule has 39 heavy (non-hydrogen) atoms. The molecule has 0 heterocycles. The monoisotopic (exact) mass is 544 g/mol. The number of aliphatic hydroxyl groups excluding tert-OH is 2. The molecule has 1 aromatic rings. The van der Waals surface area contributed by atoms with Gasteiger partial charge in [0.2, 0.25) is 11.8 Å². The standard InChI is InChI=1S/C28H36N2O9/c1-11(2)18-22(35)17(25(29)38)23(36)28(39)24(37)19-21(34)16-13(9-26(19,4)10-27(18,28)5)6-7-14(20(16)33)30-15(32)8-12(3)31/h6-7,11,17-19,22,24,33,35,37,39H,8-10H2,1-5H3,(H2,29,38)(H,30,32)/t17-,18+,19-,22?,24?,26-,27-,28+/m1/s1. The maximum absolute atomic E-state index is 14.0. The number of nitrogens with one attached hydrogen (secondary N) is 1. The number of aromatic hydroxyl groups is 1. The van der Waals surface area contributed by atoms with Gasteiger partial charge in [0, 0.05) is 5.41 Å². The SMILES string of the molecule is CC(=O)CC(=O)Nc1ccc2c(c1O)C(=O)[C@@H]1C(O)[C@@]3(O)C(=O)[C@H](C(N)=O)C(O)[C@H](C(C)C)[C@@]3(C)C[C@@]1(C)C2. The van der Waals surface area contributed by atoms with E-state index in [0.29, 0.717) is 5.56 Å². The first-order chi connectivity index (χ1) is 17.9. The first kappa shape index (κ1) is 28.8. The highest BCUT2D eigenvalue weighted by molar-refractivity contribution is 6.10. The third-order valence-corrected chi connectivity index (χ3v) is 9.34. The highest BCUT2D eigenvalue weighted by Crippen LogP contribution is 2.65. The Kier molecular flexibility index (Phi) is 6.81. The van der Waals surface area contributed by atoms with Crippen molar-refractivity contribution in [3.8, 4) is 5.75 Å². The zero-order chi connectivity index (χ0) is 29.4. The smallest absolute Gasteiger partial charge is 0.231 e. The molecule has 0 bridgehead atoms. The Morgan fingerprint density at radius 3 is 2.31 bits per heavy atom. The minimum atomic E-state index is -2.60. The van der Waals surface area contributed by atoms with Crippen molar-refractivity contribution in [1.29, 1.82) is 0 Å². The molecule has 4 rings (SSSR count). The lowest BCUT2D eigenvalue weighted by atomic mass is 9.39. The van der Waals surface area contributed by atoms with Crippen molar-refractivity contribution in [3.05, 3.63) is 23.3 Å². The van der Waals surface area contributed by atoms with Gasteiger partial charge in [-0.3, -0.25) is 24.0 Å². The molecule has 0 saturated heterocycles. The summed E-state index contributed by atoms with van der Waals surface area (Å²) in [7, 11) is 0. The molecule has 0 aromatic heterocycles. The number of rotatable bonds is 5. The van der Waals surface area contributed by atoms with E-state index in [1.54, 1.807) is 33.8 Å². The second-order valence-electron chi connectivity index (χ2n) is 12.4. The van der Waals surface area contributed by atoms with Crippen LogP contribution < -0.4 is 11.1 Å². The summed E-state index contributed by atoms with van der Waals surface area (Å²) in [5, 5.41) is 48.3. The molecule has 3 aliphatic rings. The molecule has 0 aliphatic heterocycles. The Bertz CT molecular complexity index is 1290. The maximum Gasteiger partial charge on any atom is 0.231 e. The van der Waals surface area contributed by atoms with Gasteiger partial charge in [0.1, 0.15) is 23.6 Å². The number of carbonyl (C=O) groups is 5. The third-order valence-electron chi connectivity index (χ3n) is 9.34. The summed E-state index contributed by atoms with van der Waals surface area (Å²) in [5.41, 5.74) is 0.601. The number of ketones is 3. The number of amides is 2. The molecule has 212 valence electrons. The van der Waals surface area contributed by atoms with E-state index in [4.69, 9.17) is 5.73 Å². The molecule has 0 radical (unpaired) electrons. The van der Waals surface area contributed by atoms with Crippen LogP contribution in [0.15, 0.2) is 12.1 Å². The van der Waals surface area contributed by atoms with Crippen LogP contribution in [0.2, 0.25) is 0 Å². The summed E-state index contributed by atoms with van der Waals surface area (Å²) in [6.45, 7) is 8.12. The van der Waals surface area contributed by atoms with E-state index < -0.39 is 87.7 Å². The Labute approximate surface area is 225 Å². The van der Waals surface area contributed by atoms with Crippen LogP contribution >= 0.6 is 0 Å². The Balaban J connectivity index is 1.86. The van der Waals surface area contributed by atoms with Gasteiger partial charge >= 0.3 is 0 Å². The molecule has 7 N–H and O–H groups in total. The van der Waals surface area contributed by atoms with Gasteiger partial charge < -0.3 is 31.5 Å².